The minimum Gasteiger partial charge on any atom is -0.300 e. The van der Waals surface area contributed by atoms with Gasteiger partial charge < -0.3 is 0 Å². The van der Waals surface area contributed by atoms with Gasteiger partial charge in [-0.1, -0.05) is 17.7 Å². The smallest absolute Gasteiger partial charge is 0.144 e. The maximum absolute atomic E-state index is 13.3. The summed E-state index contributed by atoms with van der Waals surface area (Å²) in [6.07, 6.45) is 4.37. The topological polar surface area (TPSA) is 30.7 Å². The third kappa shape index (κ3) is 3.51. The van der Waals surface area contributed by atoms with E-state index in [9.17, 15) is 4.39 Å². The van der Waals surface area contributed by atoms with E-state index < -0.39 is 0 Å². The number of benzene rings is 2. The van der Waals surface area contributed by atoms with Crippen molar-refractivity contribution in [2.75, 3.05) is 0 Å². The molecule has 0 atom stereocenters. The van der Waals surface area contributed by atoms with Crippen molar-refractivity contribution >= 4 is 11.6 Å². The molecule has 0 bridgehead atoms. The number of halogens is 2. The van der Waals surface area contributed by atoms with Gasteiger partial charge in [0.1, 0.15) is 11.6 Å². The van der Waals surface area contributed by atoms with Crippen LogP contribution in [-0.4, -0.2) is 14.5 Å². The maximum atomic E-state index is 13.3. The first-order chi connectivity index (χ1) is 12.7. The predicted molar refractivity (Wildman–Crippen MR) is 101 cm³/mol. The van der Waals surface area contributed by atoms with Crippen molar-refractivity contribution in [3.8, 4) is 17.1 Å². The van der Waals surface area contributed by atoms with E-state index in [4.69, 9.17) is 16.6 Å². The number of hydrogen-bond donors (Lipinski definition) is 0. The van der Waals surface area contributed by atoms with E-state index in [1.807, 2.05) is 53.2 Å². The molecule has 0 N–H and O–H groups in total. The predicted octanol–water partition coefficient (Wildman–Crippen LogP) is 5.32. The molecule has 0 aliphatic carbocycles. The summed E-state index contributed by atoms with van der Waals surface area (Å²) in [6, 6.07) is 19.7. The zero-order valence-corrected chi connectivity index (χ0v) is 14.6. The highest BCUT2D eigenvalue weighted by molar-refractivity contribution is 6.30. The molecule has 0 aliphatic rings. The Balaban J connectivity index is 1.79. The minimum absolute atomic E-state index is 0.271. The molecule has 26 heavy (non-hydrogen) atoms. The number of nitrogens with zero attached hydrogens (tertiary/aromatic N) is 3. The van der Waals surface area contributed by atoms with Crippen molar-refractivity contribution in [1.29, 1.82) is 0 Å². The fraction of sp³-hybridized carbons (Fsp3) is 0.0476. The van der Waals surface area contributed by atoms with Crippen LogP contribution in [0.3, 0.4) is 0 Å². The van der Waals surface area contributed by atoms with Crippen LogP contribution in [0, 0.1) is 5.82 Å². The molecule has 0 amide bonds. The largest absolute Gasteiger partial charge is 0.300 e. The summed E-state index contributed by atoms with van der Waals surface area (Å²) < 4.78 is 15.3. The van der Waals surface area contributed by atoms with Gasteiger partial charge in [0.2, 0.25) is 0 Å². The molecule has 2 aromatic carbocycles. The van der Waals surface area contributed by atoms with E-state index in [1.165, 1.54) is 12.1 Å². The van der Waals surface area contributed by atoms with Gasteiger partial charge in [-0.3, -0.25) is 9.55 Å². The first-order valence-electron chi connectivity index (χ1n) is 8.19. The number of rotatable bonds is 4. The van der Waals surface area contributed by atoms with Crippen LogP contribution >= 0.6 is 11.6 Å². The van der Waals surface area contributed by atoms with Crippen LogP contribution in [0.1, 0.15) is 11.4 Å². The van der Waals surface area contributed by atoms with Gasteiger partial charge in [-0.15, -0.1) is 0 Å². The molecule has 0 saturated carbocycles. The summed E-state index contributed by atoms with van der Waals surface area (Å²) in [5.41, 5.74) is 3.61. The van der Waals surface area contributed by atoms with Crippen molar-refractivity contribution in [3.05, 3.63) is 101 Å². The lowest BCUT2D eigenvalue weighted by Gasteiger charge is -2.08. The molecule has 3 nitrogen and oxygen atoms in total. The number of hydrogen-bond acceptors (Lipinski definition) is 2. The van der Waals surface area contributed by atoms with Crippen LogP contribution in [0.2, 0.25) is 5.02 Å². The zero-order valence-electron chi connectivity index (χ0n) is 13.8. The fourth-order valence-corrected chi connectivity index (χ4v) is 2.93. The average molecular weight is 364 g/mol. The minimum atomic E-state index is -0.271. The monoisotopic (exact) mass is 363 g/mol. The van der Waals surface area contributed by atoms with Crippen molar-refractivity contribution in [2.24, 2.45) is 0 Å². The quantitative estimate of drug-likeness (QED) is 0.491. The lowest BCUT2D eigenvalue weighted by molar-refractivity contribution is 0.628. The summed E-state index contributed by atoms with van der Waals surface area (Å²) in [4.78, 5) is 9.14. The zero-order chi connectivity index (χ0) is 17.9. The molecule has 128 valence electrons. The van der Waals surface area contributed by atoms with E-state index >= 15 is 0 Å². The van der Waals surface area contributed by atoms with Crippen molar-refractivity contribution in [1.82, 2.24) is 14.5 Å². The van der Waals surface area contributed by atoms with Crippen LogP contribution in [-0.2, 0) is 6.42 Å². The Morgan fingerprint density at radius 1 is 0.885 bits per heavy atom. The highest BCUT2D eigenvalue weighted by Crippen LogP contribution is 2.25. The summed E-state index contributed by atoms with van der Waals surface area (Å²) in [6.45, 7) is 0. The van der Waals surface area contributed by atoms with Gasteiger partial charge in [-0.2, -0.15) is 0 Å². The molecule has 0 aliphatic heterocycles. The molecule has 0 saturated heterocycles. The summed E-state index contributed by atoms with van der Waals surface area (Å²) in [7, 11) is 0. The van der Waals surface area contributed by atoms with E-state index in [-0.39, 0.29) is 5.82 Å². The van der Waals surface area contributed by atoms with Gasteiger partial charge in [0, 0.05) is 40.8 Å². The Morgan fingerprint density at radius 3 is 2.35 bits per heavy atom. The molecule has 2 heterocycles. The van der Waals surface area contributed by atoms with Gasteiger partial charge in [0.25, 0.3) is 0 Å². The lowest BCUT2D eigenvalue weighted by atomic mass is 10.2. The molecule has 0 spiro atoms. The number of imidazole rings is 1. The molecular formula is C21H15ClFN3. The standard InChI is InChI=1S/C21H15ClFN3/c22-16-6-10-20(11-7-16)26-14-19(13-18-3-1-2-12-24-18)25-21(26)15-4-8-17(23)9-5-15/h1-12,14H,13H2. The van der Waals surface area contributed by atoms with Crippen molar-refractivity contribution in [3.63, 3.8) is 0 Å². The van der Waals surface area contributed by atoms with Crippen molar-refractivity contribution < 1.29 is 4.39 Å². The van der Waals surface area contributed by atoms with E-state index in [0.29, 0.717) is 11.4 Å². The average Bonchev–Trinajstić information content (AvgIpc) is 3.07. The molecule has 0 unspecified atom stereocenters. The molecule has 0 fully saturated rings. The molecule has 5 heteroatoms. The second kappa shape index (κ2) is 7.10. The molecule has 4 rings (SSSR count). The number of pyridine rings is 1. The van der Waals surface area contributed by atoms with Crippen LogP contribution in [0.5, 0.6) is 0 Å². The third-order valence-corrected chi connectivity index (χ3v) is 4.30. The normalized spacial score (nSPS) is 10.8. The summed E-state index contributed by atoms with van der Waals surface area (Å²) >= 11 is 6.01. The molecular weight excluding hydrogens is 349 g/mol. The van der Waals surface area contributed by atoms with E-state index in [0.717, 1.165) is 28.5 Å². The second-order valence-corrected chi connectivity index (χ2v) is 6.34. The first-order valence-corrected chi connectivity index (χ1v) is 8.57. The van der Waals surface area contributed by atoms with Crippen LogP contribution in [0.25, 0.3) is 17.1 Å². The van der Waals surface area contributed by atoms with Gasteiger partial charge in [0.15, 0.2) is 0 Å². The highest BCUT2D eigenvalue weighted by Gasteiger charge is 2.13. The van der Waals surface area contributed by atoms with E-state index in [1.54, 1.807) is 18.3 Å². The fourth-order valence-electron chi connectivity index (χ4n) is 2.80. The molecule has 2 aromatic heterocycles. The van der Waals surface area contributed by atoms with E-state index in [2.05, 4.69) is 4.98 Å². The third-order valence-electron chi connectivity index (χ3n) is 4.05. The van der Waals surface area contributed by atoms with Crippen LogP contribution in [0.15, 0.2) is 79.1 Å². The molecule has 4 aromatic rings. The lowest BCUT2D eigenvalue weighted by Crippen LogP contribution is -1.96. The Kier molecular flexibility index (Phi) is 4.50. The van der Waals surface area contributed by atoms with Gasteiger partial charge >= 0.3 is 0 Å². The van der Waals surface area contributed by atoms with Crippen molar-refractivity contribution in [2.45, 2.75) is 6.42 Å². The van der Waals surface area contributed by atoms with Gasteiger partial charge in [0.05, 0.1) is 5.69 Å². The van der Waals surface area contributed by atoms with Crippen LogP contribution in [0.4, 0.5) is 4.39 Å². The molecule has 0 radical (unpaired) electrons. The Bertz CT molecular complexity index is 947. The Hall–Kier alpha value is -2.98. The van der Waals surface area contributed by atoms with Gasteiger partial charge in [-0.25, -0.2) is 9.37 Å². The van der Waals surface area contributed by atoms with Gasteiger partial charge in [-0.05, 0) is 60.7 Å². The Morgan fingerprint density at radius 2 is 1.65 bits per heavy atom. The highest BCUT2D eigenvalue weighted by atomic mass is 35.5. The maximum Gasteiger partial charge on any atom is 0.144 e. The Labute approximate surface area is 155 Å². The SMILES string of the molecule is Fc1ccc(-c2nc(Cc3ccccn3)cn2-c2ccc(Cl)cc2)cc1. The second-order valence-electron chi connectivity index (χ2n) is 5.91. The number of aromatic nitrogens is 3. The summed E-state index contributed by atoms with van der Waals surface area (Å²) in [5, 5.41) is 0.672. The summed E-state index contributed by atoms with van der Waals surface area (Å²) in [5.74, 6) is 0.477. The first kappa shape index (κ1) is 16.5. The van der Waals surface area contributed by atoms with Crippen LogP contribution < -0.4 is 0 Å².